The van der Waals surface area contributed by atoms with Crippen LogP contribution in [0.1, 0.15) is 17.6 Å². The van der Waals surface area contributed by atoms with Crippen molar-refractivity contribution in [1.29, 1.82) is 0 Å². The van der Waals surface area contributed by atoms with Gasteiger partial charge in [0.2, 0.25) is 0 Å². The van der Waals surface area contributed by atoms with Gasteiger partial charge in [0.25, 0.3) is 0 Å². The average molecular weight is 377 g/mol. The van der Waals surface area contributed by atoms with E-state index in [-0.39, 0.29) is 6.04 Å². The summed E-state index contributed by atoms with van der Waals surface area (Å²) in [5.74, 6) is 6.17. The van der Waals surface area contributed by atoms with Crippen molar-refractivity contribution in [2.24, 2.45) is 12.9 Å². The fraction of sp³-hybridized carbons (Fsp3) is 0.333. The van der Waals surface area contributed by atoms with Gasteiger partial charge in [-0.2, -0.15) is 4.80 Å². The molecule has 96 valence electrons. The minimum absolute atomic E-state index is 0.184. The molecule has 0 spiro atoms. The summed E-state index contributed by atoms with van der Waals surface area (Å²) in [7, 11) is 1.72. The fourth-order valence-electron chi connectivity index (χ4n) is 1.50. The Morgan fingerprint density at radius 1 is 1.50 bits per heavy atom. The van der Waals surface area contributed by atoms with Crippen LogP contribution in [0.3, 0.4) is 0 Å². The van der Waals surface area contributed by atoms with E-state index in [9.17, 15) is 0 Å². The van der Waals surface area contributed by atoms with Crippen molar-refractivity contribution in [2.75, 3.05) is 0 Å². The Morgan fingerprint density at radius 2 is 2.28 bits per heavy atom. The van der Waals surface area contributed by atoms with Crippen LogP contribution in [0, 0.1) is 0 Å². The lowest BCUT2D eigenvalue weighted by atomic mass is 10.1. The van der Waals surface area contributed by atoms with Crippen LogP contribution in [0.25, 0.3) is 0 Å². The molecule has 2 heterocycles. The number of nitrogens with two attached hydrogens (primary N) is 1. The maximum absolute atomic E-state index is 5.56. The highest BCUT2D eigenvalue weighted by atomic mass is 79.9. The highest BCUT2D eigenvalue weighted by Gasteiger charge is 2.18. The van der Waals surface area contributed by atoms with Gasteiger partial charge in [-0.1, -0.05) is 0 Å². The molecule has 18 heavy (non-hydrogen) atoms. The normalized spacial score (nSPS) is 12.7. The first-order valence-electron chi connectivity index (χ1n) is 5.10. The predicted molar refractivity (Wildman–Crippen MR) is 72.2 cm³/mol. The molecule has 0 aliphatic heterocycles. The number of aromatic nitrogens is 5. The first kappa shape index (κ1) is 13.5. The molecule has 7 nitrogen and oxygen atoms in total. The zero-order valence-electron chi connectivity index (χ0n) is 9.51. The highest BCUT2D eigenvalue weighted by Crippen LogP contribution is 2.25. The molecule has 1 atom stereocenters. The molecule has 2 aromatic heterocycles. The van der Waals surface area contributed by atoms with E-state index in [1.54, 1.807) is 13.2 Å². The first-order valence-corrected chi connectivity index (χ1v) is 6.68. The number of rotatable bonds is 4. The third kappa shape index (κ3) is 3.10. The average Bonchev–Trinajstić information content (AvgIpc) is 2.72. The number of pyridine rings is 1. The first-order chi connectivity index (χ1) is 8.60. The maximum Gasteiger partial charge on any atom is 0.176 e. The van der Waals surface area contributed by atoms with Crippen molar-refractivity contribution in [3.05, 3.63) is 32.7 Å². The van der Waals surface area contributed by atoms with Gasteiger partial charge in [0, 0.05) is 21.6 Å². The molecule has 0 saturated carbocycles. The van der Waals surface area contributed by atoms with E-state index < -0.39 is 0 Å². The molecule has 0 radical (unpaired) electrons. The molecule has 0 aliphatic rings. The van der Waals surface area contributed by atoms with Gasteiger partial charge in [0.05, 0.1) is 18.8 Å². The van der Waals surface area contributed by atoms with Crippen molar-refractivity contribution in [1.82, 2.24) is 30.6 Å². The quantitative estimate of drug-likeness (QED) is 0.607. The van der Waals surface area contributed by atoms with Crippen molar-refractivity contribution >= 4 is 31.9 Å². The summed E-state index contributed by atoms with van der Waals surface area (Å²) in [6, 6.07) is 1.73. The molecular weight excluding hydrogens is 366 g/mol. The second-order valence-corrected chi connectivity index (χ2v) is 5.41. The number of nitrogens with one attached hydrogen (secondary N) is 1. The van der Waals surface area contributed by atoms with E-state index in [1.165, 1.54) is 4.80 Å². The van der Waals surface area contributed by atoms with Gasteiger partial charge in [-0.3, -0.25) is 16.3 Å². The van der Waals surface area contributed by atoms with Crippen molar-refractivity contribution in [3.63, 3.8) is 0 Å². The van der Waals surface area contributed by atoms with E-state index in [0.29, 0.717) is 12.2 Å². The number of hydrogen-bond donors (Lipinski definition) is 2. The minimum Gasteiger partial charge on any atom is -0.271 e. The van der Waals surface area contributed by atoms with Crippen molar-refractivity contribution in [3.8, 4) is 0 Å². The van der Waals surface area contributed by atoms with Gasteiger partial charge in [0.1, 0.15) is 0 Å². The molecule has 1 unspecified atom stereocenters. The smallest absolute Gasteiger partial charge is 0.176 e. The van der Waals surface area contributed by atoms with Crippen LogP contribution >= 0.6 is 31.9 Å². The van der Waals surface area contributed by atoms with Gasteiger partial charge in [-0.05, 0) is 43.1 Å². The molecular formula is C9H11Br2N7. The summed E-state index contributed by atoms with van der Waals surface area (Å²) < 4.78 is 1.76. The molecule has 0 aromatic carbocycles. The monoisotopic (exact) mass is 375 g/mol. The van der Waals surface area contributed by atoms with Crippen molar-refractivity contribution < 1.29 is 0 Å². The minimum atomic E-state index is -0.184. The van der Waals surface area contributed by atoms with Crippen LogP contribution in [-0.2, 0) is 13.5 Å². The molecule has 9 heteroatoms. The molecule has 0 saturated heterocycles. The summed E-state index contributed by atoms with van der Waals surface area (Å²) in [6.07, 6.45) is 2.23. The van der Waals surface area contributed by atoms with Crippen LogP contribution in [0.2, 0.25) is 0 Å². The van der Waals surface area contributed by atoms with Gasteiger partial charge < -0.3 is 0 Å². The lowest BCUT2D eigenvalue weighted by Crippen LogP contribution is -2.31. The van der Waals surface area contributed by atoms with E-state index in [1.807, 2.05) is 6.07 Å². The van der Waals surface area contributed by atoms with E-state index in [0.717, 1.165) is 14.6 Å². The molecule has 3 N–H and O–H groups in total. The zero-order valence-corrected chi connectivity index (χ0v) is 12.7. The van der Waals surface area contributed by atoms with Gasteiger partial charge in [-0.25, -0.2) is 0 Å². The zero-order chi connectivity index (χ0) is 13.1. The molecule has 0 fully saturated rings. The third-order valence-corrected chi connectivity index (χ3v) is 3.37. The predicted octanol–water partition coefficient (Wildman–Crippen LogP) is 0.877. The summed E-state index contributed by atoms with van der Waals surface area (Å²) in [4.78, 5) is 5.74. The summed E-state index contributed by atoms with van der Waals surface area (Å²) in [5.41, 5.74) is 3.51. The standard InChI is InChI=1S/C9H11Br2N7/c1-18-16-8(15-17-18)3-7(14-12)9-6(11)2-5(10)4-13-9/h2,4,7,14H,3,12H2,1H3. The second kappa shape index (κ2) is 5.83. The SMILES string of the molecule is Cn1nnc(CC(NN)c2ncc(Br)cc2Br)n1. The topological polar surface area (TPSA) is 94.5 Å². The third-order valence-electron chi connectivity index (χ3n) is 2.30. The summed E-state index contributed by atoms with van der Waals surface area (Å²) in [6.45, 7) is 0. The number of nitrogens with zero attached hydrogens (tertiary/aromatic N) is 5. The fourth-order valence-corrected chi connectivity index (χ4v) is 2.77. The van der Waals surface area contributed by atoms with Crippen LogP contribution in [0.4, 0.5) is 0 Å². The maximum atomic E-state index is 5.56. The molecule has 0 amide bonds. The lowest BCUT2D eigenvalue weighted by molar-refractivity contribution is 0.521. The van der Waals surface area contributed by atoms with Gasteiger partial charge >= 0.3 is 0 Å². The number of hydrazine groups is 1. The largest absolute Gasteiger partial charge is 0.271 e. The Hall–Kier alpha value is -0.900. The molecule has 2 rings (SSSR count). The highest BCUT2D eigenvalue weighted by molar-refractivity contribution is 9.11. The number of halogens is 2. The van der Waals surface area contributed by atoms with E-state index in [2.05, 4.69) is 57.7 Å². The Morgan fingerprint density at radius 3 is 2.83 bits per heavy atom. The second-order valence-electron chi connectivity index (χ2n) is 3.64. The van der Waals surface area contributed by atoms with Crippen LogP contribution in [0.5, 0.6) is 0 Å². The molecule has 0 bridgehead atoms. The summed E-state index contributed by atoms with van der Waals surface area (Å²) >= 11 is 6.81. The van der Waals surface area contributed by atoms with E-state index >= 15 is 0 Å². The van der Waals surface area contributed by atoms with Crippen LogP contribution in [-0.4, -0.2) is 25.2 Å². The Balaban J connectivity index is 2.22. The Labute approximate surface area is 120 Å². The Bertz CT molecular complexity index is 541. The number of tetrazole rings is 1. The Kier molecular flexibility index (Phi) is 4.38. The van der Waals surface area contributed by atoms with Gasteiger partial charge in [0.15, 0.2) is 5.82 Å². The molecule has 0 aliphatic carbocycles. The van der Waals surface area contributed by atoms with E-state index in [4.69, 9.17) is 5.84 Å². The summed E-state index contributed by atoms with van der Waals surface area (Å²) in [5, 5.41) is 11.8. The van der Waals surface area contributed by atoms with Crippen molar-refractivity contribution in [2.45, 2.75) is 12.5 Å². The van der Waals surface area contributed by atoms with Gasteiger partial charge in [-0.15, -0.1) is 10.2 Å². The number of aryl methyl sites for hydroxylation is 1. The number of hydrogen-bond acceptors (Lipinski definition) is 6. The lowest BCUT2D eigenvalue weighted by Gasteiger charge is -2.14. The van der Waals surface area contributed by atoms with Crippen LogP contribution in [0.15, 0.2) is 21.2 Å². The molecule has 2 aromatic rings. The van der Waals surface area contributed by atoms with Crippen LogP contribution < -0.4 is 11.3 Å².